The van der Waals surface area contributed by atoms with Gasteiger partial charge in [-0.1, -0.05) is 17.3 Å². The first-order chi connectivity index (χ1) is 11.2. The highest BCUT2D eigenvalue weighted by Crippen LogP contribution is 2.30. The highest BCUT2D eigenvalue weighted by Gasteiger charge is 2.17. The van der Waals surface area contributed by atoms with E-state index in [9.17, 15) is 9.90 Å². The molecule has 0 fully saturated rings. The molecule has 0 bridgehead atoms. The minimum Gasteiger partial charge on any atom is -0.504 e. The van der Waals surface area contributed by atoms with Crippen LogP contribution in [0.2, 0.25) is 0 Å². The van der Waals surface area contributed by atoms with Crippen LogP contribution in [0.15, 0.2) is 53.2 Å². The number of para-hydroxylation sites is 1. The summed E-state index contributed by atoms with van der Waals surface area (Å²) in [4.78, 5) is 16.0. The number of carbonyl (C=O) groups is 1. The molecule has 2 heterocycles. The van der Waals surface area contributed by atoms with E-state index in [2.05, 4.69) is 15.5 Å². The topological polar surface area (TPSA) is 97.5 Å². The standard InChI is InChI=1S/C16H13N3O4/c1-22-13-7-3-2-5-10(13)14-9-11(19-23-14)16(21)18-15-12(20)6-4-8-17-15/h2-9,20H,1H3,(H,17,18,21). The van der Waals surface area contributed by atoms with Crippen molar-refractivity contribution in [3.05, 3.63) is 54.4 Å². The number of aromatic hydroxyl groups is 1. The van der Waals surface area contributed by atoms with Gasteiger partial charge >= 0.3 is 0 Å². The van der Waals surface area contributed by atoms with Gasteiger partial charge in [-0.25, -0.2) is 4.98 Å². The zero-order chi connectivity index (χ0) is 16.2. The zero-order valence-corrected chi connectivity index (χ0v) is 12.2. The molecule has 0 aliphatic carbocycles. The summed E-state index contributed by atoms with van der Waals surface area (Å²) in [5.74, 6) is 0.397. The van der Waals surface area contributed by atoms with Gasteiger partial charge in [-0.15, -0.1) is 0 Å². The molecular weight excluding hydrogens is 298 g/mol. The Bertz CT molecular complexity index is 845. The number of aromatic nitrogens is 2. The minimum absolute atomic E-state index is 0.0549. The highest BCUT2D eigenvalue weighted by atomic mass is 16.5. The van der Waals surface area contributed by atoms with E-state index in [0.29, 0.717) is 17.1 Å². The van der Waals surface area contributed by atoms with Crippen LogP contribution in [0, 0.1) is 0 Å². The number of amides is 1. The van der Waals surface area contributed by atoms with Crippen LogP contribution in [-0.2, 0) is 0 Å². The monoisotopic (exact) mass is 311 g/mol. The van der Waals surface area contributed by atoms with Gasteiger partial charge in [0, 0.05) is 12.3 Å². The normalized spacial score (nSPS) is 10.3. The molecule has 0 saturated carbocycles. The summed E-state index contributed by atoms with van der Waals surface area (Å²) in [5, 5.41) is 15.8. The molecule has 0 aliphatic rings. The largest absolute Gasteiger partial charge is 0.504 e. The number of methoxy groups -OCH3 is 1. The van der Waals surface area contributed by atoms with Gasteiger partial charge in [0.25, 0.3) is 5.91 Å². The first-order valence-electron chi connectivity index (χ1n) is 6.74. The number of rotatable bonds is 4. The van der Waals surface area contributed by atoms with Crippen molar-refractivity contribution in [3.8, 4) is 22.8 Å². The zero-order valence-electron chi connectivity index (χ0n) is 12.2. The molecule has 2 N–H and O–H groups in total. The van der Waals surface area contributed by atoms with Crippen molar-refractivity contribution in [2.45, 2.75) is 0 Å². The predicted molar refractivity (Wildman–Crippen MR) is 82.3 cm³/mol. The lowest BCUT2D eigenvalue weighted by molar-refractivity contribution is 0.101. The minimum atomic E-state index is -0.538. The van der Waals surface area contributed by atoms with E-state index in [-0.39, 0.29) is 17.3 Å². The predicted octanol–water partition coefficient (Wildman–Crippen LogP) is 2.70. The second-order valence-electron chi connectivity index (χ2n) is 4.60. The molecule has 23 heavy (non-hydrogen) atoms. The molecule has 0 atom stereocenters. The summed E-state index contributed by atoms with van der Waals surface area (Å²) >= 11 is 0. The number of hydrogen-bond donors (Lipinski definition) is 2. The van der Waals surface area contributed by atoms with Crippen molar-refractivity contribution in [2.24, 2.45) is 0 Å². The van der Waals surface area contributed by atoms with Gasteiger partial charge in [-0.05, 0) is 24.3 Å². The summed E-state index contributed by atoms with van der Waals surface area (Å²) in [6.45, 7) is 0. The maximum Gasteiger partial charge on any atom is 0.279 e. The number of nitrogens with one attached hydrogen (secondary N) is 1. The molecule has 1 amide bonds. The summed E-state index contributed by atoms with van der Waals surface area (Å²) in [7, 11) is 1.55. The first kappa shape index (κ1) is 14.6. The Morgan fingerprint density at radius 3 is 2.87 bits per heavy atom. The van der Waals surface area contributed by atoms with Gasteiger partial charge in [0.05, 0.1) is 12.7 Å². The molecule has 0 spiro atoms. The molecular formula is C16H13N3O4. The second-order valence-corrected chi connectivity index (χ2v) is 4.60. The molecule has 7 heteroatoms. The fraction of sp³-hybridized carbons (Fsp3) is 0.0625. The Hall–Kier alpha value is -3.35. The first-order valence-corrected chi connectivity index (χ1v) is 6.74. The lowest BCUT2D eigenvalue weighted by Gasteiger charge is -2.04. The molecule has 0 aliphatic heterocycles. The van der Waals surface area contributed by atoms with Crippen LogP contribution >= 0.6 is 0 Å². The third-order valence-corrected chi connectivity index (χ3v) is 3.13. The molecule has 7 nitrogen and oxygen atoms in total. The summed E-state index contributed by atoms with van der Waals surface area (Å²) in [5.41, 5.74) is 0.748. The van der Waals surface area contributed by atoms with Gasteiger partial charge in [-0.2, -0.15) is 0 Å². The van der Waals surface area contributed by atoms with Crippen LogP contribution in [0.3, 0.4) is 0 Å². The number of pyridine rings is 1. The molecule has 116 valence electrons. The Morgan fingerprint density at radius 1 is 1.26 bits per heavy atom. The smallest absolute Gasteiger partial charge is 0.279 e. The number of hydrogen-bond acceptors (Lipinski definition) is 6. The molecule has 0 saturated heterocycles. The van der Waals surface area contributed by atoms with Crippen molar-refractivity contribution >= 4 is 11.7 Å². The van der Waals surface area contributed by atoms with E-state index in [1.165, 1.54) is 18.3 Å². The van der Waals surface area contributed by atoms with Gasteiger partial charge in [-0.3, -0.25) is 4.79 Å². The van der Waals surface area contributed by atoms with Crippen LogP contribution in [-0.4, -0.2) is 28.3 Å². The molecule has 1 aromatic carbocycles. The maximum absolute atomic E-state index is 12.1. The Balaban J connectivity index is 1.84. The number of benzene rings is 1. The Morgan fingerprint density at radius 2 is 2.09 bits per heavy atom. The Labute approximate surface area is 131 Å². The summed E-state index contributed by atoms with van der Waals surface area (Å²) in [6, 6.07) is 11.7. The molecule has 3 aromatic rings. The van der Waals surface area contributed by atoms with Gasteiger partial charge in [0.2, 0.25) is 0 Å². The number of ether oxygens (including phenoxy) is 1. The summed E-state index contributed by atoms with van der Waals surface area (Å²) in [6.07, 6.45) is 1.46. The van der Waals surface area contributed by atoms with Crippen LogP contribution in [0.5, 0.6) is 11.5 Å². The van der Waals surface area contributed by atoms with Gasteiger partial charge in [0.1, 0.15) is 5.75 Å². The molecule has 3 rings (SSSR count). The third-order valence-electron chi connectivity index (χ3n) is 3.13. The number of nitrogens with zero attached hydrogens (tertiary/aromatic N) is 2. The van der Waals surface area contributed by atoms with Crippen LogP contribution in [0.1, 0.15) is 10.5 Å². The van der Waals surface area contributed by atoms with Crippen molar-refractivity contribution in [1.29, 1.82) is 0 Å². The van der Waals surface area contributed by atoms with Crippen LogP contribution < -0.4 is 10.1 Å². The average Bonchev–Trinajstić information content (AvgIpc) is 3.07. The van der Waals surface area contributed by atoms with E-state index >= 15 is 0 Å². The Kier molecular flexibility index (Phi) is 3.92. The van der Waals surface area contributed by atoms with E-state index in [1.54, 1.807) is 25.3 Å². The van der Waals surface area contributed by atoms with Gasteiger partial charge < -0.3 is 19.7 Å². The maximum atomic E-state index is 12.1. The second kappa shape index (κ2) is 6.18. The van der Waals surface area contributed by atoms with E-state index in [4.69, 9.17) is 9.26 Å². The van der Waals surface area contributed by atoms with E-state index < -0.39 is 5.91 Å². The fourth-order valence-corrected chi connectivity index (χ4v) is 2.02. The lowest BCUT2D eigenvalue weighted by atomic mass is 10.1. The van der Waals surface area contributed by atoms with E-state index in [0.717, 1.165) is 0 Å². The lowest BCUT2D eigenvalue weighted by Crippen LogP contribution is -2.13. The average molecular weight is 311 g/mol. The van der Waals surface area contributed by atoms with Crippen molar-refractivity contribution < 1.29 is 19.2 Å². The third kappa shape index (κ3) is 2.98. The molecule has 0 radical (unpaired) electrons. The summed E-state index contributed by atoms with van der Waals surface area (Å²) < 4.78 is 10.5. The number of anilines is 1. The van der Waals surface area contributed by atoms with E-state index in [1.807, 2.05) is 12.1 Å². The number of carbonyl (C=O) groups excluding carboxylic acids is 1. The molecule has 2 aromatic heterocycles. The van der Waals surface area contributed by atoms with Crippen LogP contribution in [0.4, 0.5) is 5.82 Å². The van der Waals surface area contributed by atoms with Gasteiger partial charge in [0.15, 0.2) is 23.0 Å². The SMILES string of the molecule is COc1ccccc1-c1cc(C(=O)Nc2ncccc2O)no1. The van der Waals surface area contributed by atoms with Crippen molar-refractivity contribution in [3.63, 3.8) is 0 Å². The van der Waals surface area contributed by atoms with Crippen molar-refractivity contribution in [2.75, 3.05) is 12.4 Å². The fourth-order valence-electron chi connectivity index (χ4n) is 2.02. The molecule has 0 unspecified atom stereocenters. The quantitative estimate of drug-likeness (QED) is 0.769. The highest BCUT2D eigenvalue weighted by molar-refractivity contribution is 6.03. The van der Waals surface area contributed by atoms with Crippen molar-refractivity contribution in [1.82, 2.24) is 10.1 Å². The van der Waals surface area contributed by atoms with Crippen LogP contribution in [0.25, 0.3) is 11.3 Å².